The fourth-order valence-electron chi connectivity index (χ4n) is 5.64. The number of nitrogens with zero attached hydrogens (tertiary/aromatic N) is 4. The number of hydrogen-bond donors (Lipinski definition) is 2. The molecule has 1 aromatic carbocycles. The van der Waals surface area contributed by atoms with Crippen LogP contribution in [0.15, 0.2) is 30.5 Å². The summed E-state index contributed by atoms with van der Waals surface area (Å²) in [6, 6.07) is 7.63. The summed E-state index contributed by atoms with van der Waals surface area (Å²) in [5.41, 5.74) is 1.58. The number of carbonyl (C=O) groups excluding carboxylic acids is 1. The smallest absolute Gasteiger partial charge is 0.315 e. The Kier molecular flexibility index (Phi) is 10.5. The van der Waals surface area contributed by atoms with Crippen LogP contribution in [-0.4, -0.2) is 72.2 Å². The number of urea groups is 1. The van der Waals surface area contributed by atoms with Gasteiger partial charge in [0.2, 0.25) is 0 Å². The Morgan fingerprint density at radius 3 is 2.58 bits per heavy atom. The van der Waals surface area contributed by atoms with Gasteiger partial charge in [0.05, 0.1) is 5.02 Å². The molecule has 2 N–H and O–H groups in total. The molecule has 1 atom stereocenters. The lowest BCUT2D eigenvalue weighted by Crippen LogP contribution is -2.58. The molecule has 38 heavy (non-hydrogen) atoms. The van der Waals surface area contributed by atoms with Crippen molar-refractivity contribution in [1.82, 2.24) is 25.4 Å². The van der Waals surface area contributed by atoms with E-state index in [1.807, 2.05) is 13.0 Å². The molecule has 0 aliphatic carbocycles. The van der Waals surface area contributed by atoms with Crippen molar-refractivity contribution in [2.24, 2.45) is 0 Å². The minimum absolute atomic E-state index is 0.200. The predicted molar refractivity (Wildman–Crippen MR) is 152 cm³/mol. The quantitative estimate of drug-likeness (QED) is 0.432. The van der Waals surface area contributed by atoms with Crippen LogP contribution in [0.3, 0.4) is 0 Å². The zero-order valence-electron chi connectivity index (χ0n) is 22.4. The highest BCUT2D eigenvalue weighted by Gasteiger charge is 2.34. The van der Waals surface area contributed by atoms with E-state index in [4.69, 9.17) is 23.2 Å². The van der Waals surface area contributed by atoms with E-state index in [1.54, 1.807) is 18.3 Å². The molecule has 0 saturated carbocycles. The molecule has 2 aliphatic rings. The van der Waals surface area contributed by atoms with Crippen molar-refractivity contribution >= 4 is 35.1 Å². The van der Waals surface area contributed by atoms with Crippen LogP contribution in [0.1, 0.15) is 50.7 Å². The Labute approximate surface area is 235 Å². The molecule has 0 unspecified atom stereocenters. The maximum absolute atomic E-state index is 14.3. The standard InChI is InChI=1S/C28H39Cl2FN6O/c1-3-5-24-19-36(27-25(30)14-20(16-33-27)17-34-28(38)32-4-2)12-13-37(24)23-8-10-35(11-9-23)18-21-6-7-22(29)15-26(21)31/h6-7,14-16,23-24H,3-5,8-13,17-19H2,1-2H3,(H2,32,34,38)/t24-/m0/s1. The molecule has 2 amide bonds. The van der Waals surface area contributed by atoms with Gasteiger partial charge in [0.1, 0.15) is 11.6 Å². The summed E-state index contributed by atoms with van der Waals surface area (Å²) in [6.07, 6.45) is 6.21. The molecule has 3 heterocycles. The van der Waals surface area contributed by atoms with Crippen LogP contribution >= 0.6 is 23.2 Å². The van der Waals surface area contributed by atoms with Crippen molar-refractivity contribution < 1.29 is 9.18 Å². The normalized spacial score (nSPS) is 19.5. The lowest BCUT2D eigenvalue weighted by Gasteiger charge is -2.48. The zero-order chi connectivity index (χ0) is 27.1. The minimum atomic E-state index is -0.225. The number of hydrogen-bond acceptors (Lipinski definition) is 5. The van der Waals surface area contributed by atoms with Crippen LogP contribution in [0.25, 0.3) is 0 Å². The Morgan fingerprint density at radius 2 is 1.89 bits per heavy atom. The third-order valence-corrected chi connectivity index (χ3v) is 8.07. The lowest BCUT2D eigenvalue weighted by molar-refractivity contribution is 0.0587. The number of likely N-dealkylation sites (tertiary alicyclic amines) is 1. The van der Waals surface area contributed by atoms with Crippen LogP contribution in [-0.2, 0) is 13.1 Å². The second-order valence-electron chi connectivity index (χ2n) is 10.2. The largest absolute Gasteiger partial charge is 0.353 e. The van der Waals surface area contributed by atoms with E-state index in [0.717, 1.165) is 69.8 Å². The van der Waals surface area contributed by atoms with Gasteiger partial charge >= 0.3 is 6.03 Å². The maximum atomic E-state index is 14.3. The van der Waals surface area contributed by atoms with Crippen molar-refractivity contribution in [2.45, 2.75) is 64.7 Å². The molecule has 2 fully saturated rings. The number of aromatic nitrogens is 1. The first kappa shape index (κ1) is 28.9. The first-order valence-corrected chi connectivity index (χ1v) is 14.5. The van der Waals surface area contributed by atoms with E-state index in [0.29, 0.717) is 47.3 Å². The SMILES string of the molecule is CCC[C@H]1CN(c2ncc(CNC(=O)NCC)cc2Cl)CCN1C1CCN(Cc2ccc(Cl)cc2F)CC1. The van der Waals surface area contributed by atoms with Crippen LogP contribution in [0.5, 0.6) is 0 Å². The summed E-state index contributed by atoms with van der Waals surface area (Å²) in [4.78, 5) is 23.7. The third-order valence-electron chi connectivity index (χ3n) is 7.55. The summed E-state index contributed by atoms with van der Waals surface area (Å²) < 4.78 is 14.3. The second kappa shape index (κ2) is 13.8. The van der Waals surface area contributed by atoms with Crippen LogP contribution < -0.4 is 15.5 Å². The van der Waals surface area contributed by atoms with Gasteiger partial charge in [-0.25, -0.2) is 14.2 Å². The highest BCUT2D eigenvalue weighted by atomic mass is 35.5. The monoisotopic (exact) mass is 564 g/mol. The molecule has 0 spiro atoms. The van der Waals surface area contributed by atoms with E-state index < -0.39 is 0 Å². The van der Waals surface area contributed by atoms with Crippen molar-refractivity contribution in [2.75, 3.05) is 44.2 Å². The maximum Gasteiger partial charge on any atom is 0.315 e. The minimum Gasteiger partial charge on any atom is -0.353 e. The van der Waals surface area contributed by atoms with Gasteiger partial charge in [-0.3, -0.25) is 9.80 Å². The average molecular weight is 566 g/mol. The number of rotatable bonds is 9. The topological polar surface area (TPSA) is 63.7 Å². The van der Waals surface area contributed by atoms with Gasteiger partial charge in [0, 0.05) is 68.1 Å². The molecule has 0 bridgehead atoms. The Morgan fingerprint density at radius 1 is 1.11 bits per heavy atom. The number of halogens is 3. The molecule has 2 aromatic rings. The third kappa shape index (κ3) is 7.50. The molecule has 2 aliphatic heterocycles. The number of piperidine rings is 1. The summed E-state index contributed by atoms with van der Waals surface area (Å²) >= 11 is 12.6. The Bertz CT molecular complexity index is 1080. The number of anilines is 1. The number of carbonyl (C=O) groups is 1. The van der Waals surface area contributed by atoms with Gasteiger partial charge in [-0.2, -0.15) is 0 Å². The molecule has 1 aromatic heterocycles. The van der Waals surface area contributed by atoms with Gasteiger partial charge in [0.25, 0.3) is 0 Å². The highest BCUT2D eigenvalue weighted by molar-refractivity contribution is 6.33. The van der Waals surface area contributed by atoms with Crippen molar-refractivity contribution in [3.05, 3.63) is 57.5 Å². The fourth-order valence-corrected chi connectivity index (χ4v) is 6.10. The molecular weight excluding hydrogens is 526 g/mol. The van der Waals surface area contributed by atoms with Gasteiger partial charge in [-0.05, 0) is 63.0 Å². The molecule has 2 saturated heterocycles. The van der Waals surface area contributed by atoms with Crippen LogP contribution in [0.2, 0.25) is 10.0 Å². The van der Waals surface area contributed by atoms with Crippen molar-refractivity contribution in [1.29, 1.82) is 0 Å². The summed E-state index contributed by atoms with van der Waals surface area (Å²) in [5, 5.41) is 6.59. The van der Waals surface area contributed by atoms with E-state index in [1.165, 1.54) is 6.07 Å². The zero-order valence-corrected chi connectivity index (χ0v) is 23.9. The second-order valence-corrected chi connectivity index (χ2v) is 11.1. The highest BCUT2D eigenvalue weighted by Crippen LogP contribution is 2.30. The molecule has 4 rings (SSSR count). The molecule has 7 nitrogen and oxygen atoms in total. The number of benzene rings is 1. The Hall–Kier alpha value is -2.13. The summed E-state index contributed by atoms with van der Waals surface area (Å²) in [6.45, 7) is 10.4. The molecule has 10 heteroatoms. The molecule has 0 radical (unpaired) electrons. The molecular formula is C28H39Cl2FN6O. The van der Waals surface area contributed by atoms with E-state index in [9.17, 15) is 9.18 Å². The average Bonchev–Trinajstić information content (AvgIpc) is 2.90. The van der Waals surface area contributed by atoms with Gasteiger partial charge < -0.3 is 15.5 Å². The summed E-state index contributed by atoms with van der Waals surface area (Å²) in [5.74, 6) is 0.589. The van der Waals surface area contributed by atoms with Gasteiger partial charge in [0.15, 0.2) is 0 Å². The van der Waals surface area contributed by atoms with E-state index in [2.05, 4.69) is 37.2 Å². The number of pyridine rings is 1. The van der Waals surface area contributed by atoms with E-state index in [-0.39, 0.29) is 11.8 Å². The summed E-state index contributed by atoms with van der Waals surface area (Å²) in [7, 11) is 0. The lowest BCUT2D eigenvalue weighted by atomic mass is 9.97. The molecule has 208 valence electrons. The predicted octanol–water partition coefficient (Wildman–Crippen LogP) is 5.30. The van der Waals surface area contributed by atoms with Crippen molar-refractivity contribution in [3.63, 3.8) is 0 Å². The van der Waals surface area contributed by atoms with E-state index >= 15 is 0 Å². The van der Waals surface area contributed by atoms with Gasteiger partial charge in [-0.1, -0.05) is 42.6 Å². The fraction of sp³-hybridized carbons (Fsp3) is 0.571. The van der Waals surface area contributed by atoms with Crippen LogP contribution in [0, 0.1) is 5.82 Å². The first-order chi connectivity index (χ1) is 18.4. The number of nitrogens with one attached hydrogen (secondary N) is 2. The first-order valence-electron chi connectivity index (χ1n) is 13.7. The van der Waals surface area contributed by atoms with Crippen molar-refractivity contribution in [3.8, 4) is 0 Å². The number of piperazine rings is 1. The van der Waals surface area contributed by atoms with Gasteiger partial charge in [-0.15, -0.1) is 0 Å². The van der Waals surface area contributed by atoms with Crippen LogP contribution in [0.4, 0.5) is 15.0 Å². The number of amides is 2. The Balaban J connectivity index is 1.33.